The number of fused-ring (bicyclic) bond motifs is 1. The molecule has 0 radical (unpaired) electrons. The number of para-hydroxylation sites is 1. The maximum absolute atomic E-state index is 12.9. The van der Waals surface area contributed by atoms with Gasteiger partial charge in [0.2, 0.25) is 5.91 Å². The summed E-state index contributed by atoms with van der Waals surface area (Å²) in [7, 11) is 0. The van der Waals surface area contributed by atoms with Crippen molar-refractivity contribution in [1.29, 1.82) is 0 Å². The lowest BCUT2D eigenvalue weighted by Gasteiger charge is -2.11. The van der Waals surface area contributed by atoms with Crippen LogP contribution in [0.1, 0.15) is 11.1 Å². The molecular formula is C20H16F3N3OS. The average Bonchev–Trinajstić information content (AvgIpc) is 3.23. The summed E-state index contributed by atoms with van der Waals surface area (Å²) in [5.74, 6) is 0.616. The Morgan fingerprint density at radius 2 is 2.00 bits per heavy atom. The Kier molecular flexibility index (Phi) is 4.89. The molecule has 0 fully saturated rings. The fraction of sp³-hybridized carbons (Fsp3) is 0.200. The molecule has 0 saturated heterocycles. The Morgan fingerprint density at radius 3 is 2.79 bits per heavy atom. The summed E-state index contributed by atoms with van der Waals surface area (Å²) in [5, 5.41) is 3.75. The van der Waals surface area contributed by atoms with Gasteiger partial charge in [-0.2, -0.15) is 13.2 Å². The highest BCUT2D eigenvalue weighted by molar-refractivity contribution is 7.99. The molecule has 1 aliphatic rings. The predicted molar refractivity (Wildman–Crippen MR) is 102 cm³/mol. The maximum Gasteiger partial charge on any atom is 0.416 e. The summed E-state index contributed by atoms with van der Waals surface area (Å²) in [6.07, 6.45) is -2.63. The second-order valence-electron chi connectivity index (χ2n) is 6.42. The van der Waals surface area contributed by atoms with Crippen molar-refractivity contribution in [3.63, 3.8) is 0 Å². The SMILES string of the molecule is O=C(Cc1cccc(C(F)(F)F)c1)Nc1ccccc1-c1cn2c(n1)SCC2. The normalized spacial score (nSPS) is 13.4. The van der Waals surface area contributed by atoms with E-state index in [1.807, 2.05) is 18.3 Å². The number of imidazole rings is 1. The number of hydrogen-bond donors (Lipinski definition) is 1. The van der Waals surface area contributed by atoms with Crippen LogP contribution in [0.4, 0.5) is 18.9 Å². The van der Waals surface area contributed by atoms with Crippen LogP contribution in [0.15, 0.2) is 59.9 Å². The smallest absolute Gasteiger partial charge is 0.325 e. The Labute approximate surface area is 163 Å². The van der Waals surface area contributed by atoms with E-state index in [9.17, 15) is 18.0 Å². The van der Waals surface area contributed by atoms with Gasteiger partial charge in [0.05, 0.1) is 23.4 Å². The fourth-order valence-corrected chi connectivity index (χ4v) is 4.04. The van der Waals surface area contributed by atoms with E-state index >= 15 is 0 Å². The standard InChI is InChI=1S/C20H16F3N3OS/c21-20(22,23)14-5-3-4-13(10-14)11-18(27)24-16-7-2-1-6-15(16)17-12-26-8-9-28-19(26)25-17/h1-7,10,12H,8-9,11H2,(H,24,27). The molecule has 2 aromatic carbocycles. The van der Waals surface area contributed by atoms with Gasteiger partial charge in [-0.15, -0.1) is 0 Å². The lowest BCUT2D eigenvalue weighted by molar-refractivity contribution is -0.137. The number of aromatic nitrogens is 2. The highest BCUT2D eigenvalue weighted by Gasteiger charge is 2.30. The van der Waals surface area contributed by atoms with E-state index in [-0.39, 0.29) is 12.3 Å². The summed E-state index contributed by atoms with van der Waals surface area (Å²) in [6.45, 7) is 0.900. The lowest BCUT2D eigenvalue weighted by Crippen LogP contribution is -2.15. The number of aryl methyl sites for hydroxylation is 1. The quantitative estimate of drug-likeness (QED) is 0.677. The number of amides is 1. The molecule has 1 N–H and O–H groups in total. The largest absolute Gasteiger partial charge is 0.416 e. The molecule has 144 valence electrons. The molecule has 1 aliphatic heterocycles. The molecule has 3 aromatic rings. The van der Waals surface area contributed by atoms with Gasteiger partial charge in [-0.3, -0.25) is 4.79 Å². The van der Waals surface area contributed by atoms with Crippen LogP contribution in [0.5, 0.6) is 0 Å². The van der Waals surface area contributed by atoms with E-state index in [0.29, 0.717) is 11.3 Å². The van der Waals surface area contributed by atoms with Crippen molar-refractivity contribution in [1.82, 2.24) is 9.55 Å². The van der Waals surface area contributed by atoms with Crippen LogP contribution in [0.3, 0.4) is 0 Å². The number of nitrogens with zero attached hydrogens (tertiary/aromatic N) is 2. The summed E-state index contributed by atoms with van der Waals surface area (Å²) < 4.78 is 40.6. The number of nitrogens with one attached hydrogen (secondary N) is 1. The number of carbonyl (C=O) groups is 1. The third-order valence-electron chi connectivity index (χ3n) is 4.40. The minimum absolute atomic E-state index is 0.145. The number of benzene rings is 2. The van der Waals surface area contributed by atoms with Crippen molar-refractivity contribution < 1.29 is 18.0 Å². The highest BCUT2D eigenvalue weighted by Crippen LogP contribution is 2.33. The van der Waals surface area contributed by atoms with Crippen LogP contribution in [-0.4, -0.2) is 21.2 Å². The van der Waals surface area contributed by atoms with Gasteiger partial charge in [0, 0.05) is 24.1 Å². The third kappa shape index (κ3) is 3.91. The number of rotatable bonds is 4. The molecule has 28 heavy (non-hydrogen) atoms. The summed E-state index contributed by atoms with van der Waals surface area (Å²) in [4.78, 5) is 17.0. The van der Waals surface area contributed by atoms with E-state index in [0.717, 1.165) is 40.8 Å². The molecule has 4 nitrogen and oxygen atoms in total. The van der Waals surface area contributed by atoms with Gasteiger partial charge in [0.15, 0.2) is 5.16 Å². The lowest BCUT2D eigenvalue weighted by atomic mass is 10.1. The number of thioether (sulfide) groups is 1. The van der Waals surface area contributed by atoms with Crippen LogP contribution in [0, 0.1) is 0 Å². The van der Waals surface area contributed by atoms with E-state index in [1.165, 1.54) is 12.1 Å². The molecular weight excluding hydrogens is 387 g/mol. The van der Waals surface area contributed by atoms with Crippen molar-refractivity contribution in [2.75, 3.05) is 11.1 Å². The predicted octanol–water partition coefficient (Wildman–Crippen LogP) is 4.86. The second kappa shape index (κ2) is 7.35. The molecule has 1 aromatic heterocycles. The third-order valence-corrected chi connectivity index (χ3v) is 5.37. The molecule has 0 saturated carbocycles. The van der Waals surface area contributed by atoms with Crippen LogP contribution in [0.25, 0.3) is 11.3 Å². The maximum atomic E-state index is 12.9. The van der Waals surface area contributed by atoms with Crippen LogP contribution >= 0.6 is 11.8 Å². The molecule has 1 amide bonds. The molecule has 0 spiro atoms. The zero-order chi connectivity index (χ0) is 19.7. The monoisotopic (exact) mass is 403 g/mol. The number of halogens is 3. The number of carbonyl (C=O) groups excluding carboxylic acids is 1. The molecule has 0 unspecified atom stereocenters. The molecule has 4 rings (SSSR count). The minimum atomic E-state index is -4.43. The summed E-state index contributed by atoms with van der Waals surface area (Å²) in [6, 6.07) is 12.1. The number of hydrogen-bond acceptors (Lipinski definition) is 3. The van der Waals surface area contributed by atoms with E-state index in [1.54, 1.807) is 23.9 Å². The fourth-order valence-electron chi connectivity index (χ4n) is 3.09. The first-order valence-corrected chi connectivity index (χ1v) is 9.64. The first-order valence-electron chi connectivity index (χ1n) is 8.65. The van der Waals surface area contributed by atoms with Gasteiger partial charge in [0.1, 0.15) is 0 Å². The Balaban J connectivity index is 1.52. The molecule has 0 atom stereocenters. The van der Waals surface area contributed by atoms with Crippen molar-refractivity contribution >= 4 is 23.4 Å². The van der Waals surface area contributed by atoms with Gasteiger partial charge in [-0.05, 0) is 17.7 Å². The van der Waals surface area contributed by atoms with Crippen LogP contribution in [0.2, 0.25) is 0 Å². The van der Waals surface area contributed by atoms with Crippen molar-refractivity contribution in [2.24, 2.45) is 0 Å². The summed E-state index contributed by atoms with van der Waals surface area (Å²) >= 11 is 1.68. The molecule has 8 heteroatoms. The Bertz CT molecular complexity index is 1010. The first kappa shape index (κ1) is 18.6. The highest BCUT2D eigenvalue weighted by atomic mass is 32.2. The van der Waals surface area contributed by atoms with Gasteiger partial charge in [-0.1, -0.05) is 48.2 Å². The minimum Gasteiger partial charge on any atom is -0.325 e. The summed E-state index contributed by atoms with van der Waals surface area (Å²) in [5.41, 5.74) is 1.67. The molecule has 0 aliphatic carbocycles. The second-order valence-corrected chi connectivity index (χ2v) is 7.48. The van der Waals surface area contributed by atoms with Crippen molar-refractivity contribution in [3.8, 4) is 11.3 Å². The zero-order valence-electron chi connectivity index (χ0n) is 14.7. The van der Waals surface area contributed by atoms with Gasteiger partial charge >= 0.3 is 6.18 Å². The Morgan fingerprint density at radius 1 is 1.18 bits per heavy atom. The van der Waals surface area contributed by atoms with Crippen LogP contribution in [-0.2, 0) is 23.9 Å². The Hall–Kier alpha value is -2.74. The zero-order valence-corrected chi connectivity index (χ0v) is 15.5. The average molecular weight is 403 g/mol. The van der Waals surface area contributed by atoms with Gasteiger partial charge in [-0.25, -0.2) is 4.98 Å². The number of anilines is 1. The van der Waals surface area contributed by atoms with Crippen molar-refractivity contribution in [3.05, 3.63) is 65.9 Å². The van der Waals surface area contributed by atoms with E-state index in [4.69, 9.17) is 0 Å². The molecule has 0 bridgehead atoms. The van der Waals surface area contributed by atoms with Gasteiger partial charge < -0.3 is 9.88 Å². The topological polar surface area (TPSA) is 46.9 Å². The molecule has 2 heterocycles. The van der Waals surface area contributed by atoms with Crippen molar-refractivity contribution in [2.45, 2.75) is 24.3 Å². The number of alkyl halides is 3. The van der Waals surface area contributed by atoms with E-state index in [2.05, 4.69) is 14.9 Å². The van der Waals surface area contributed by atoms with Gasteiger partial charge in [0.25, 0.3) is 0 Å². The van der Waals surface area contributed by atoms with Crippen LogP contribution < -0.4 is 5.32 Å². The van der Waals surface area contributed by atoms with E-state index < -0.39 is 11.7 Å². The first-order chi connectivity index (χ1) is 13.4.